The van der Waals surface area contributed by atoms with E-state index in [1.54, 1.807) is 0 Å². The Hall–Kier alpha value is -1.50. The molecule has 0 aliphatic carbocycles. The van der Waals surface area contributed by atoms with Gasteiger partial charge in [-0.3, -0.25) is 4.90 Å². The van der Waals surface area contributed by atoms with Gasteiger partial charge in [0.1, 0.15) is 0 Å². The van der Waals surface area contributed by atoms with Crippen LogP contribution in [0.4, 0.5) is 5.95 Å². The maximum absolute atomic E-state index is 4.90. The van der Waals surface area contributed by atoms with Crippen LogP contribution in [0.2, 0.25) is 0 Å². The van der Waals surface area contributed by atoms with E-state index in [9.17, 15) is 0 Å². The summed E-state index contributed by atoms with van der Waals surface area (Å²) >= 11 is 3.50. The van der Waals surface area contributed by atoms with Crippen molar-refractivity contribution in [3.8, 4) is 0 Å². The molecule has 1 aromatic carbocycles. The molecule has 0 unspecified atom stereocenters. The van der Waals surface area contributed by atoms with Gasteiger partial charge in [0.25, 0.3) is 0 Å². The summed E-state index contributed by atoms with van der Waals surface area (Å²) in [6.45, 7) is 10.6. The third-order valence-electron chi connectivity index (χ3n) is 5.42. The van der Waals surface area contributed by atoms with Crippen molar-refractivity contribution in [2.24, 2.45) is 0 Å². The average Bonchev–Trinajstić information content (AvgIpc) is 2.69. The molecule has 138 valence electrons. The molecule has 0 bridgehead atoms. The van der Waals surface area contributed by atoms with Gasteiger partial charge in [0.2, 0.25) is 5.95 Å². The maximum Gasteiger partial charge on any atom is 0.225 e. The summed E-state index contributed by atoms with van der Waals surface area (Å²) in [7, 11) is 0. The van der Waals surface area contributed by atoms with Crippen LogP contribution in [0.15, 0.2) is 34.9 Å². The highest BCUT2D eigenvalue weighted by atomic mass is 79.9. The summed E-state index contributed by atoms with van der Waals surface area (Å²) in [6.07, 6.45) is 3.06. The van der Waals surface area contributed by atoms with Crippen molar-refractivity contribution in [2.45, 2.75) is 26.4 Å². The van der Waals surface area contributed by atoms with E-state index in [1.807, 2.05) is 0 Å². The number of anilines is 1. The Morgan fingerprint density at radius 1 is 1.00 bits per heavy atom. The van der Waals surface area contributed by atoms with Gasteiger partial charge < -0.3 is 9.80 Å². The van der Waals surface area contributed by atoms with E-state index in [-0.39, 0.29) is 0 Å². The van der Waals surface area contributed by atoms with Crippen molar-refractivity contribution in [1.29, 1.82) is 0 Å². The lowest BCUT2D eigenvalue weighted by molar-refractivity contribution is 0.242. The van der Waals surface area contributed by atoms with Crippen LogP contribution < -0.4 is 4.90 Å². The Kier molecular flexibility index (Phi) is 5.52. The van der Waals surface area contributed by atoms with E-state index < -0.39 is 0 Å². The van der Waals surface area contributed by atoms with Crippen molar-refractivity contribution < 1.29 is 0 Å². The fourth-order valence-corrected chi connectivity index (χ4v) is 4.03. The molecule has 0 atom stereocenters. The van der Waals surface area contributed by atoms with Crippen molar-refractivity contribution in [2.75, 3.05) is 44.2 Å². The molecule has 1 aromatic heterocycles. The highest BCUT2D eigenvalue weighted by Gasteiger charge is 2.22. The minimum Gasteiger partial charge on any atom is -0.338 e. The standard InChI is InChI=1S/C20H26BrN5/c1-2-24-9-11-26(12-10-24)20-22-13-17-15-25(8-7-19(17)23-20)14-16-3-5-18(21)6-4-16/h3-6,13H,2,7-12,14-15H2,1H3. The Labute approximate surface area is 164 Å². The third-order valence-corrected chi connectivity index (χ3v) is 5.95. The topological polar surface area (TPSA) is 35.5 Å². The Morgan fingerprint density at radius 3 is 2.50 bits per heavy atom. The van der Waals surface area contributed by atoms with E-state index >= 15 is 0 Å². The molecule has 1 saturated heterocycles. The fraction of sp³-hybridized carbons (Fsp3) is 0.500. The molecule has 6 heteroatoms. The van der Waals surface area contributed by atoms with E-state index in [2.05, 4.69) is 73.0 Å². The quantitative estimate of drug-likeness (QED) is 0.766. The predicted octanol–water partition coefficient (Wildman–Crippen LogP) is 2.94. The zero-order chi connectivity index (χ0) is 17.9. The van der Waals surface area contributed by atoms with Crippen LogP contribution in [-0.2, 0) is 19.5 Å². The second kappa shape index (κ2) is 8.03. The van der Waals surface area contributed by atoms with E-state index in [1.165, 1.54) is 16.8 Å². The number of likely N-dealkylation sites (N-methyl/N-ethyl adjacent to an activating group) is 1. The first kappa shape index (κ1) is 17.9. The van der Waals surface area contributed by atoms with Gasteiger partial charge in [-0.25, -0.2) is 9.97 Å². The molecule has 2 aliphatic rings. The van der Waals surface area contributed by atoms with E-state index in [4.69, 9.17) is 4.98 Å². The van der Waals surface area contributed by atoms with Gasteiger partial charge >= 0.3 is 0 Å². The third kappa shape index (κ3) is 4.08. The molecule has 0 spiro atoms. The van der Waals surface area contributed by atoms with E-state index in [0.29, 0.717) is 0 Å². The fourth-order valence-electron chi connectivity index (χ4n) is 3.76. The molecule has 2 aromatic rings. The van der Waals surface area contributed by atoms with Gasteiger partial charge in [-0.15, -0.1) is 0 Å². The SMILES string of the molecule is CCN1CCN(c2ncc3c(n2)CCN(Cc2ccc(Br)cc2)C3)CC1. The van der Waals surface area contributed by atoms with Crippen LogP contribution in [-0.4, -0.2) is 59.0 Å². The smallest absolute Gasteiger partial charge is 0.225 e. The summed E-state index contributed by atoms with van der Waals surface area (Å²) in [6, 6.07) is 8.60. The molecule has 0 saturated carbocycles. The summed E-state index contributed by atoms with van der Waals surface area (Å²) in [5.74, 6) is 0.917. The van der Waals surface area contributed by atoms with Gasteiger partial charge in [0.15, 0.2) is 0 Å². The lowest BCUT2D eigenvalue weighted by atomic mass is 10.1. The zero-order valence-corrected chi connectivity index (χ0v) is 17.0. The summed E-state index contributed by atoms with van der Waals surface area (Å²) in [5.41, 5.74) is 3.87. The van der Waals surface area contributed by atoms with Crippen LogP contribution in [0.3, 0.4) is 0 Å². The van der Waals surface area contributed by atoms with Gasteiger partial charge in [-0.05, 0) is 24.2 Å². The monoisotopic (exact) mass is 415 g/mol. The summed E-state index contributed by atoms with van der Waals surface area (Å²) < 4.78 is 1.13. The molecule has 3 heterocycles. The zero-order valence-electron chi connectivity index (χ0n) is 15.4. The molecular formula is C20H26BrN5. The number of rotatable bonds is 4. The number of fused-ring (bicyclic) bond motifs is 1. The van der Waals surface area contributed by atoms with Crippen molar-refractivity contribution in [3.05, 3.63) is 51.8 Å². The van der Waals surface area contributed by atoms with Gasteiger partial charge in [0.05, 0.1) is 5.69 Å². The number of nitrogens with zero attached hydrogens (tertiary/aromatic N) is 5. The number of aromatic nitrogens is 2. The minimum absolute atomic E-state index is 0.917. The summed E-state index contributed by atoms with van der Waals surface area (Å²) in [4.78, 5) is 16.9. The predicted molar refractivity (Wildman–Crippen MR) is 108 cm³/mol. The normalized spacial score (nSPS) is 18.8. The van der Waals surface area contributed by atoms with Crippen LogP contribution in [0.25, 0.3) is 0 Å². The summed E-state index contributed by atoms with van der Waals surface area (Å²) in [5, 5.41) is 0. The van der Waals surface area contributed by atoms with Gasteiger partial charge in [-0.1, -0.05) is 35.0 Å². The number of halogens is 1. The van der Waals surface area contributed by atoms with Crippen LogP contribution in [0, 0.1) is 0 Å². The maximum atomic E-state index is 4.90. The Bertz CT molecular complexity index is 740. The second-order valence-electron chi connectivity index (χ2n) is 7.15. The highest BCUT2D eigenvalue weighted by molar-refractivity contribution is 9.10. The molecule has 0 radical (unpaired) electrons. The first-order chi connectivity index (χ1) is 12.7. The molecule has 0 N–H and O–H groups in total. The first-order valence-electron chi connectivity index (χ1n) is 9.50. The molecule has 5 nitrogen and oxygen atoms in total. The lowest BCUT2D eigenvalue weighted by Gasteiger charge is -2.35. The van der Waals surface area contributed by atoms with Crippen LogP contribution in [0.1, 0.15) is 23.7 Å². The molecule has 2 aliphatic heterocycles. The number of piperazine rings is 1. The van der Waals surface area contributed by atoms with Crippen molar-refractivity contribution in [3.63, 3.8) is 0 Å². The average molecular weight is 416 g/mol. The molecule has 1 fully saturated rings. The molecule has 4 rings (SSSR count). The van der Waals surface area contributed by atoms with Gasteiger partial charge in [0, 0.05) is 68.5 Å². The minimum atomic E-state index is 0.917. The number of hydrogen-bond acceptors (Lipinski definition) is 5. The first-order valence-corrected chi connectivity index (χ1v) is 10.3. The highest BCUT2D eigenvalue weighted by Crippen LogP contribution is 2.22. The second-order valence-corrected chi connectivity index (χ2v) is 8.07. The Morgan fingerprint density at radius 2 is 1.77 bits per heavy atom. The largest absolute Gasteiger partial charge is 0.338 e. The molecular weight excluding hydrogens is 390 g/mol. The Balaban J connectivity index is 1.40. The van der Waals surface area contributed by atoms with Crippen LogP contribution in [0.5, 0.6) is 0 Å². The van der Waals surface area contributed by atoms with Crippen molar-refractivity contribution in [1.82, 2.24) is 19.8 Å². The van der Waals surface area contributed by atoms with Crippen LogP contribution >= 0.6 is 15.9 Å². The van der Waals surface area contributed by atoms with E-state index in [0.717, 1.165) is 69.2 Å². The molecule has 0 amide bonds. The number of benzene rings is 1. The van der Waals surface area contributed by atoms with Gasteiger partial charge in [-0.2, -0.15) is 0 Å². The molecule has 26 heavy (non-hydrogen) atoms. The number of hydrogen-bond donors (Lipinski definition) is 0. The van der Waals surface area contributed by atoms with Crippen molar-refractivity contribution >= 4 is 21.9 Å². The lowest BCUT2D eigenvalue weighted by Crippen LogP contribution is -2.47.